The number of aromatic nitrogens is 2. The lowest BCUT2D eigenvalue weighted by Gasteiger charge is -2.24. The van der Waals surface area contributed by atoms with Crippen LogP contribution in [-0.4, -0.2) is 30.3 Å². The zero-order valence-corrected chi connectivity index (χ0v) is 12.7. The molecule has 0 unspecified atom stereocenters. The van der Waals surface area contributed by atoms with E-state index < -0.39 is 15.6 Å². The van der Waals surface area contributed by atoms with Crippen molar-refractivity contribution in [3.63, 3.8) is 0 Å². The van der Waals surface area contributed by atoms with Gasteiger partial charge in [0.2, 0.25) is 10.0 Å². The van der Waals surface area contributed by atoms with Crippen molar-refractivity contribution in [1.29, 1.82) is 0 Å². The van der Waals surface area contributed by atoms with Crippen LogP contribution in [0.3, 0.4) is 0 Å². The van der Waals surface area contributed by atoms with Gasteiger partial charge in [-0.1, -0.05) is 13.3 Å². The number of sulfonamides is 1. The molecule has 110 valence electrons. The maximum Gasteiger partial charge on any atom is 0.244 e. The normalized spacial score (nSPS) is 12.8. The maximum atomic E-state index is 12.2. The molecule has 0 atom stereocenters. The quantitative estimate of drug-likeness (QED) is 0.749. The van der Waals surface area contributed by atoms with E-state index in [9.17, 15) is 8.42 Å². The first kappa shape index (κ1) is 16.1. The van der Waals surface area contributed by atoms with Gasteiger partial charge in [-0.3, -0.25) is 4.68 Å². The van der Waals surface area contributed by atoms with Gasteiger partial charge in [-0.15, -0.1) is 0 Å². The van der Waals surface area contributed by atoms with E-state index in [2.05, 4.69) is 9.82 Å². The summed E-state index contributed by atoms with van der Waals surface area (Å²) in [5.41, 5.74) is 4.96. The summed E-state index contributed by atoms with van der Waals surface area (Å²) >= 11 is 0. The minimum Gasteiger partial charge on any atom is -0.330 e. The molecule has 1 rings (SSSR count). The van der Waals surface area contributed by atoms with E-state index in [4.69, 9.17) is 5.73 Å². The SMILES string of the molecule is CCCC(C)(C)NS(=O)(=O)c1cnn(CCCN)c1. The van der Waals surface area contributed by atoms with Crippen LogP contribution in [0.2, 0.25) is 0 Å². The molecule has 0 amide bonds. The van der Waals surface area contributed by atoms with E-state index in [1.165, 1.54) is 6.20 Å². The Balaban J connectivity index is 2.80. The molecular weight excluding hydrogens is 264 g/mol. The molecule has 0 aliphatic rings. The highest BCUT2D eigenvalue weighted by atomic mass is 32.2. The fourth-order valence-electron chi connectivity index (χ4n) is 1.96. The average Bonchev–Trinajstić information content (AvgIpc) is 2.73. The Morgan fingerprint density at radius 2 is 2.16 bits per heavy atom. The molecule has 0 radical (unpaired) electrons. The molecule has 1 heterocycles. The third-order valence-corrected chi connectivity index (χ3v) is 4.45. The summed E-state index contributed by atoms with van der Waals surface area (Å²) < 4.78 is 28.8. The van der Waals surface area contributed by atoms with Gasteiger partial charge in [-0.2, -0.15) is 5.10 Å². The molecule has 3 N–H and O–H groups in total. The summed E-state index contributed by atoms with van der Waals surface area (Å²) in [5.74, 6) is 0. The minimum atomic E-state index is -3.51. The van der Waals surface area contributed by atoms with E-state index in [1.54, 1.807) is 10.9 Å². The molecule has 1 aromatic rings. The predicted molar refractivity (Wildman–Crippen MR) is 75.2 cm³/mol. The number of nitrogens with two attached hydrogens (primary N) is 1. The number of nitrogens with one attached hydrogen (secondary N) is 1. The third kappa shape index (κ3) is 4.93. The lowest BCUT2D eigenvalue weighted by molar-refractivity contribution is 0.417. The monoisotopic (exact) mass is 288 g/mol. The number of hydrogen-bond donors (Lipinski definition) is 2. The Bertz CT molecular complexity index is 494. The summed E-state index contributed by atoms with van der Waals surface area (Å²) in [7, 11) is -3.51. The number of hydrogen-bond acceptors (Lipinski definition) is 4. The highest BCUT2D eigenvalue weighted by molar-refractivity contribution is 7.89. The van der Waals surface area contributed by atoms with Crippen LogP contribution in [0.5, 0.6) is 0 Å². The maximum absolute atomic E-state index is 12.2. The molecule has 0 saturated heterocycles. The number of rotatable bonds is 8. The van der Waals surface area contributed by atoms with Crippen LogP contribution in [-0.2, 0) is 16.6 Å². The molecule has 0 aromatic carbocycles. The summed E-state index contributed by atoms with van der Waals surface area (Å²) in [6.45, 7) is 6.98. The van der Waals surface area contributed by atoms with Gasteiger partial charge in [0.15, 0.2) is 0 Å². The summed E-state index contributed by atoms with van der Waals surface area (Å²) in [6.07, 6.45) is 5.40. The summed E-state index contributed by atoms with van der Waals surface area (Å²) in [5, 5.41) is 4.04. The van der Waals surface area contributed by atoms with Crippen LogP contribution in [0.1, 0.15) is 40.0 Å². The molecule has 0 saturated carbocycles. The van der Waals surface area contributed by atoms with Crippen molar-refractivity contribution in [2.45, 2.75) is 57.0 Å². The van der Waals surface area contributed by atoms with Crippen LogP contribution in [0.25, 0.3) is 0 Å². The van der Waals surface area contributed by atoms with Gasteiger partial charge in [-0.05, 0) is 33.2 Å². The Kier molecular flexibility index (Phi) is 5.51. The fourth-order valence-corrected chi connectivity index (χ4v) is 3.35. The van der Waals surface area contributed by atoms with Gasteiger partial charge < -0.3 is 5.73 Å². The molecule has 6 nitrogen and oxygen atoms in total. The Morgan fingerprint density at radius 3 is 2.74 bits per heavy atom. The lowest BCUT2D eigenvalue weighted by Crippen LogP contribution is -2.43. The predicted octanol–water partition coefficient (Wildman–Crippen LogP) is 1.09. The second kappa shape index (κ2) is 6.49. The summed E-state index contributed by atoms with van der Waals surface area (Å²) in [4.78, 5) is 0.202. The van der Waals surface area contributed by atoms with E-state index >= 15 is 0 Å². The highest BCUT2D eigenvalue weighted by Gasteiger charge is 2.26. The average molecular weight is 288 g/mol. The topological polar surface area (TPSA) is 90.0 Å². The van der Waals surface area contributed by atoms with Crippen molar-refractivity contribution >= 4 is 10.0 Å². The molecule has 0 fully saturated rings. The smallest absolute Gasteiger partial charge is 0.244 e. The molecule has 19 heavy (non-hydrogen) atoms. The zero-order valence-electron chi connectivity index (χ0n) is 11.9. The molecule has 0 aliphatic carbocycles. The lowest BCUT2D eigenvalue weighted by atomic mass is 10.0. The van der Waals surface area contributed by atoms with Crippen LogP contribution in [0.15, 0.2) is 17.3 Å². The van der Waals surface area contributed by atoms with Crippen molar-refractivity contribution in [2.75, 3.05) is 6.54 Å². The van der Waals surface area contributed by atoms with Crippen molar-refractivity contribution in [3.05, 3.63) is 12.4 Å². The molecule has 0 bridgehead atoms. The first-order valence-corrected chi connectivity index (χ1v) is 8.05. The summed E-state index contributed by atoms with van der Waals surface area (Å²) in [6, 6.07) is 0. The molecule has 0 spiro atoms. The van der Waals surface area contributed by atoms with Gasteiger partial charge in [-0.25, -0.2) is 13.1 Å². The van der Waals surface area contributed by atoms with E-state index in [0.29, 0.717) is 13.1 Å². The van der Waals surface area contributed by atoms with Gasteiger partial charge in [0.05, 0.1) is 6.20 Å². The Hall–Kier alpha value is -0.920. The van der Waals surface area contributed by atoms with Crippen molar-refractivity contribution in [2.24, 2.45) is 5.73 Å². The fraction of sp³-hybridized carbons (Fsp3) is 0.750. The molecule has 7 heteroatoms. The third-order valence-electron chi connectivity index (χ3n) is 2.80. The van der Waals surface area contributed by atoms with Crippen LogP contribution >= 0.6 is 0 Å². The van der Waals surface area contributed by atoms with Gasteiger partial charge in [0.1, 0.15) is 4.90 Å². The van der Waals surface area contributed by atoms with E-state index in [0.717, 1.165) is 19.3 Å². The van der Waals surface area contributed by atoms with Gasteiger partial charge >= 0.3 is 0 Å². The van der Waals surface area contributed by atoms with Crippen LogP contribution in [0.4, 0.5) is 0 Å². The van der Waals surface area contributed by atoms with E-state index in [1.807, 2.05) is 20.8 Å². The molecular formula is C12H24N4O2S. The second-order valence-electron chi connectivity index (χ2n) is 5.32. The highest BCUT2D eigenvalue weighted by Crippen LogP contribution is 2.16. The van der Waals surface area contributed by atoms with Gasteiger partial charge in [0.25, 0.3) is 0 Å². The van der Waals surface area contributed by atoms with Crippen molar-refractivity contribution in [3.8, 4) is 0 Å². The number of aryl methyl sites for hydroxylation is 1. The van der Waals surface area contributed by atoms with Crippen molar-refractivity contribution in [1.82, 2.24) is 14.5 Å². The Morgan fingerprint density at radius 1 is 1.47 bits per heavy atom. The Labute approximate surface area is 115 Å². The minimum absolute atomic E-state index is 0.202. The number of nitrogens with zero attached hydrogens (tertiary/aromatic N) is 2. The first-order valence-electron chi connectivity index (χ1n) is 6.57. The first-order chi connectivity index (χ1) is 8.80. The largest absolute Gasteiger partial charge is 0.330 e. The zero-order chi connectivity index (χ0) is 14.5. The standard InChI is InChI=1S/C12H24N4O2S/c1-4-6-12(2,3)15-19(17,18)11-9-14-16(10-11)8-5-7-13/h9-10,15H,4-8,13H2,1-3H3. The molecule has 0 aliphatic heterocycles. The van der Waals surface area contributed by atoms with Crippen molar-refractivity contribution < 1.29 is 8.42 Å². The van der Waals surface area contributed by atoms with Crippen LogP contribution < -0.4 is 10.5 Å². The van der Waals surface area contributed by atoms with Crippen LogP contribution in [0, 0.1) is 0 Å². The molecule has 1 aromatic heterocycles. The second-order valence-corrected chi connectivity index (χ2v) is 7.00. The van der Waals surface area contributed by atoms with E-state index in [-0.39, 0.29) is 4.90 Å². The van der Waals surface area contributed by atoms with Gasteiger partial charge in [0, 0.05) is 18.3 Å².